The number of hydrogen-bond acceptors (Lipinski definition) is 6. The van der Waals surface area contributed by atoms with E-state index in [0.717, 1.165) is 0 Å². The van der Waals surface area contributed by atoms with Crippen LogP contribution in [0.2, 0.25) is 0 Å². The predicted molar refractivity (Wildman–Crippen MR) is 80.6 cm³/mol. The average Bonchev–Trinajstić information content (AvgIpc) is 2.95. The fourth-order valence-corrected chi connectivity index (χ4v) is 2.18. The number of nitrogens with zero attached hydrogens (tertiary/aromatic N) is 2. The summed E-state index contributed by atoms with van der Waals surface area (Å²) < 4.78 is 10.8. The molecule has 2 rings (SSSR count). The number of rotatable bonds is 7. The molecule has 0 aliphatic heterocycles. The van der Waals surface area contributed by atoms with Crippen molar-refractivity contribution in [1.29, 1.82) is 0 Å². The van der Waals surface area contributed by atoms with E-state index in [-0.39, 0.29) is 11.7 Å². The Morgan fingerprint density at radius 1 is 1.33 bits per heavy atom. The summed E-state index contributed by atoms with van der Waals surface area (Å²) in [6.07, 6.45) is 0.682. The lowest BCUT2D eigenvalue weighted by Crippen LogP contribution is -2.14. The highest BCUT2D eigenvalue weighted by Crippen LogP contribution is 2.24. The zero-order chi connectivity index (χ0) is 15.1. The quantitative estimate of drug-likeness (QED) is 0.793. The number of thioether (sulfide) groups is 1. The van der Waals surface area contributed by atoms with Crippen LogP contribution in [0.1, 0.15) is 19.7 Å². The van der Waals surface area contributed by atoms with Gasteiger partial charge < -0.3 is 14.5 Å². The number of amides is 1. The molecule has 21 heavy (non-hydrogen) atoms. The largest absolute Gasteiger partial charge is 0.492 e. The van der Waals surface area contributed by atoms with Crippen molar-refractivity contribution in [3.05, 3.63) is 30.2 Å². The highest BCUT2D eigenvalue weighted by molar-refractivity contribution is 7.99. The molecule has 7 heteroatoms. The Balaban J connectivity index is 1.89. The van der Waals surface area contributed by atoms with Gasteiger partial charge in [0.15, 0.2) is 0 Å². The normalized spacial score (nSPS) is 10.4. The highest BCUT2D eigenvalue weighted by atomic mass is 32.2. The first-order valence-electron chi connectivity index (χ1n) is 6.69. The molecule has 1 N–H and O–H groups in total. The molecule has 1 heterocycles. The molecule has 1 amide bonds. The van der Waals surface area contributed by atoms with Crippen molar-refractivity contribution in [3.8, 4) is 5.75 Å². The van der Waals surface area contributed by atoms with Crippen LogP contribution in [0, 0.1) is 0 Å². The third-order valence-electron chi connectivity index (χ3n) is 2.54. The summed E-state index contributed by atoms with van der Waals surface area (Å²) in [7, 11) is 0. The summed E-state index contributed by atoms with van der Waals surface area (Å²) in [5, 5.41) is 10.9. The predicted octanol–water partition coefficient (Wildman–Crippen LogP) is 2.76. The van der Waals surface area contributed by atoms with Gasteiger partial charge in [-0.3, -0.25) is 4.79 Å². The van der Waals surface area contributed by atoms with Gasteiger partial charge in [0, 0.05) is 6.42 Å². The first-order chi connectivity index (χ1) is 10.2. The van der Waals surface area contributed by atoms with Crippen LogP contribution >= 0.6 is 11.8 Å². The van der Waals surface area contributed by atoms with Crippen molar-refractivity contribution in [3.63, 3.8) is 0 Å². The lowest BCUT2D eigenvalue weighted by atomic mass is 10.3. The van der Waals surface area contributed by atoms with E-state index in [9.17, 15) is 4.79 Å². The maximum absolute atomic E-state index is 11.9. The molecule has 0 radical (unpaired) electrons. The van der Waals surface area contributed by atoms with E-state index in [2.05, 4.69) is 15.5 Å². The van der Waals surface area contributed by atoms with Crippen LogP contribution in [0.5, 0.6) is 5.75 Å². The minimum absolute atomic E-state index is 0.150. The molecule has 0 aliphatic carbocycles. The molecule has 0 saturated carbocycles. The lowest BCUT2D eigenvalue weighted by Gasteiger charge is -2.10. The van der Waals surface area contributed by atoms with E-state index in [0.29, 0.717) is 35.6 Å². The third kappa shape index (κ3) is 4.49. The Morgan fingerprint density at radius 3 is 2.86 bits per heavy atom. The number of aryl methyl sites for hydroxylation is 1. The molecular weight excluding hydrogens is 290 g/mol. The molecule has 0 fully saturated rings. The number of benzene rings is 1. The fraction of sp³-hybridized carbons (Fsp3) is 0.357. The van der Waals surface area contributed by atoms with E-state index in [4.69, 9.17) is 9.15 Å². The van der Waals surface area contributed by atoms with Crippen LogP contribution in [0.15, 0.2) is 33.9 Å². The monoisotopic (exact) mass is 307 g/mol. The van der Waals surface area contributed by atoms with Gasteiger partial charge in [-0.25, -0.2) is 0 Å². The molecule has 0 bridgehead atoms. The van der Waals surface area contributed by atoms with Gasteiger partial charge >= 0.3 is 0 Å². The van der Waals surface area contributed by atoms with Gasteiger partial charge in [0.05, 0.1) is 18.0 Å². The van der Waals surface area contributed by atoms with Gasteiger partial charge in [0.25, 0.3) is 5.22 Å². The minimum atomic E-state index is -0.150. The van der Waals surface area contributed by atoms with Gasteiger partial charge in [0.2, 0.25) is 11.8 Å². The van der Waals surface area contributed by atoms with Gasteiger partial charge in [0.1, 0.15) is 5.75 Å². The second-order valence-electron chi connectivity index (χ2n) is 4.08. The Labute approximate surface area is 127 Å². The molecule has 1 aromatic carbocycles. The third-order valence-corrected chi connectivity index (χ3v) is 3.36. The molecule has 6 nitrogen and oxygen atoms in total. The number of aromatic nitrogens is 2. The highest BCUT2D eigenvalue weighted by Gasteiger charge is 2.11. The number of ether oxygens (including phenoxy) is 1. The topological polar surface area (TPSA) is 77.2 Å². The number of carbonyl (C=O) groups excluding carboxylic acids is 1. The molecule has 0 atom stereocenters. The van der Waals surface area contributed by atoms with Gasteiger partial charge in [-0.2, -0.15) is 0 Å². The van der Waals surface area contributed by atoms with Crippen molar-refractivity contribution in [2.75, 3.05) is 17.7 Å². The number of anilines is 1. The molecular formula is C14H17N3O3S. The second-order valence-corrected chi connectivity index (χ2v) is 5.01. The summed E-state index contributed by atoms with van der Waals surface area (Å²) in [5.74, 6) is 1.28. The Kier molecular flexibility index (Phi) is 5.62. The van der Waals surface area contributed by atoms with Crippen LogP contribution in [-0.4, -0.2) is 28.5 Å². The lowest BCUT2D eigenvalue weighted by molar-refractivity contribution is -0.113. The fourth-order valence-electron chi connectivity index (χ4n) is 1.60. The smallest absolute Gasteiger partial charge is 0.277 e. The van der Waals surface area contributed by atoms with Crippen LogP contribution in [-0.2, 0) is 11.2 Å². The number of nitrogens with one attached hydrogen (secondary N) is 1. The average molecular weight is 307 g/mol. The van der Waals surface area contributed by atoms with Gasteiger partial charge in [-0.15, -0.1) is 10.2 Å². The second kappa shape index (κ2) is 7.68. The summed E-state index contributed by atoms with van der Waals surface area (Å²) in [5.41, 5.74) is 0.657. The van der Waals surface area contributed by atoms with Crippen molar-refractivity contribution < 1.29 is 13.9 Å². The summed E-state index contributed by atoms with van der Waals surface area (Å²) >= 11 is 1.21. The van der Waals surface area contributed by atoms with E-state index < -0.39 is 0 Å². The number of para-hydroxylation sites is 2. The van der Waals surface area contributed by atoms with Crippen molar-refractivity contribution in [2.45, 2.75) is 25.5 Å². The molecule has 0 saturated heterocycles. The van der Waals surface area contributed by atoms with Crippen molar-refractivity contribution in [2.24, 2.45) is 0 Å². The van der Waals surface area contributed by atoms with Crippen LogP contribution in [0.4, 0.5) is 5.69 Å². The van der Waals surface area contributed by atoms with E-state index in [1.807, 2.05) is 32.0 Å². The first-order valence-corrected chi connectivity index (χ1v) is 7.68. The van der Waals surface area contributed by atoms with Crippen LogP contribution in [0.25, 0.3) is 0 Å². The SMILES string of the molecule is CCOc1ccccc1NC(=O)CSc1nnc(CC)o1. The summed E-state index contributed by atoms with van der Waals surface area (Å²) in [4.78, 5) is 11.9. The molecule has 112 valence electrons. The van der Waals surface area contributed by atoms with Gasteiger partial charge in [-0.1, -0.05) is 30.8 Å². The first kappa shape index (κ1) is 15.4. The van der Waals surface area contributed by atoms with Crippen molar-refractivity contribution in [1.82, 2.24) is 10.2 Å². The van der Waals surface area contributed by atoms with E-state index in [1.165, 1.54) is 11.8 Å². The molecule has 1 aromatic heterocycles. The summed E-state index contributed by atoms with van der Waals surface area (Å²) in [6, 6.07) is 7.32. The number of hydrogen-bond donors (Lipinski definition) is 1. The molecule has 2 aromatic rings. The molecule has 0 aliphatic rings. The molecule has 0 unspecified atom stereocenters. The maximum atomic E-state index is 11.9. The van der Waals surface area contributed by atoms with Gasteiger partial charge in [-0.05, 0) is 19.1 Å². The zero-order valence-electron chi connectivity index (χ0n) is 12.0. The standard InChI is InChI=1S/C14H17N3O3S/c1-3-13-16-17-14(20-13)21-9-12(18)15-10-7-5-6-8-11(10)19-4-2/h5-8H,3-4,9H2,1-2H3,(H,15,18). The van der Waals surface area contributed by atoms with E-state index in [1.54, 1.807) is 6.07 Å². The Hall–Kier alpha value is -2.02. The Bertz CT molecular complexity index is 601. The number of carbonyl (C=O) groups is 1. The van der Waals surface area contributed by atoms with Crippen molar-refractivity contribution >= 4 is 23.4 Å². The maximum Gasteiger partial charge on any atom is 0.277 e. The molecule has 0 spiro atoms. The Morgan fingerprint density at radius 2 is 2.14 bits per heavy atom. The van der Waals surface area contributed by atoms with Crippen LogP contribution in [0.3, 0.4) is 0 Å². The van der Waals surface area contributed by atoms with E-state index >= 15 is 0 Å². The summed E-state index contributed by atoms with van der Waals surface area (Å²) in [6.45, 7) is 4.37. The zero-order valence-corrected chi connectivity index (χ0v) is 12.8. The van der Waals surface area contributed by atoms with Crippen LogP contribution < -0.4 is 10.1 Å². The minimum Gasteiger partial charge on any atom is -0.492 e.